The van der Waals surface area contributed by atoms with E-state index in [1.165, 1.54) is 22.4 Å². The van der Waals surface area contributed by atoms with Crippen molar-refractivity contribution in [1.29, 1.82) is 0 Å². The predicted octanol–water partition coefficient (Wildman–Crippen LogP) is 1.86. The lowest BCUT2D eigenvalue weighted by Gasteiger charge is -2.39. The van der Waals surface area contributed by atoms with Gasteiger partial charge in [0.25, 0.3) is 0 Å². The minimum Gasteiger partial charge on any atom is -0.481 e. The molecular weight excluding hydrogens is 240 g/mol. The smallest absolute Gasteiger partial charge is 0.305 e. The van der Waals surface area contributed by atoms with Gasteiger partial charge in [0.15, 0.2) is 0 Å². The second-order valence-electron chi connectivity index (χ2n) is 5.40. The molecule has 1 aromatic rings. The van der Waals surface area contributed by atoms with Gasteiger partial charge < -0.3 is 15.3 Å². The zero-order valence-electron chi connectivity index (χ0n) is 11.9. The molecule has 2 N–H and O–H groups in total. The first-order chi connectivity index (χ1) is 8.99. The number of nitrogens with zero attached hydrogens (tertiary/aromatic N) is 1. The fraction of sp³-hybridized carbons (Fsp3) is 0.533. The third-order valence-corrected chi connectivity index (χ3v) is 3.68. The first kappa shape index (κ1) is 13.9. The lowest BCUT2D eigenvalue weighted by Crippen LogP contribution is -2.52. The van der Waals surface area contributed by atoms with Crippen LogP contribution in [0.2, 0.25) is 0 Å². The summed E-state index contributed by atoms with van der Waals surface area (Å²) < 4.78 is 0. The van der Waals surface area contributed by atoms with Crippen molar-refractivity contribution in [1.82, 2.24) is 5.32 Å². The van der Waals surface area contributed by atoms with Crippen LogP contribution in [-0.2, 0) is 4.79 Å². The fourth-order valence-corrected chi connectivity index (χ4v) is 3.06. The minimum atomic E-state index is -0.735. The van der Waals surface area contributed by atoms with Gasteiger partial charge in [-0.05, 0) is 31.9 Å². The molecule has 2 rings (SSSR count). The van der Waals surface area contributed by atoms with E-state index in [1.807, 2.05) is 0 Å². The van der Waals surface area contributed by atoms with Crippen LogP contribution in [0.1, 0.15) is 23.1 Å². The number of piperazine rings is 1. The zero-order chi connectivity index (χ0) is 14.0. The van der Waals surface area contributed by atoms with E-state index in [1.54, 1.807) is 0 Å². The molecule has 0 radical (unpaired) electrons. The van der Waals surface area contributed by atoms with Crippen LogP contribution in [0.15, 0.2) is 12.1 Å². The lowest BCUT2D eigenvalue weighted by atomic mass is 10.0. The normalized spacial score (nSPS) is 19.5. The molecule has 1 saturated heterocycles. The van der Waals surface area contributed by atoms with Crippen molar-refractivity contribution in [3.8, 4) is 0 Å². The molecule has 4 nitrogen and oxygen atoms in total. The summed E-state index contributed by atoms with van der Waals surface area (Å²) in [5.41, 5.74) is 4.92. The summed E-state index contributed by atoms with van der Waals surface area (Å²) in [6.45, 7) is 8.81. The topological polar surface area (TPSA) is 52.6 Å². The van der Waals surface area contributed by atoms with Gasteiger partial charge in [0.05, 0.1) is 12.5 Å². The highest BCUT2D eigenvalue weighted by molar-refractivity contribution is 5.70. The van der Waals surface area contributed by atoms with E-state index in [0.29, 0.717) is 0 Å². The maximum atomic E-state index is 11.0. The van der Waals surface area contributed by atoms with Gasteiger partial charge in [-0.1, -0.05) is 17.7 Å². The van der Waals surface area contributed by atoms with Crippen LogP contribution in [0.3, 0.4) is 0 Å². The monoisotopic (exact) mass is 262 g/mol. The molecule has 4 heteroatoms. The van der Waals surface area contributed by atoms with E-state index in [4.69, 9.17) is 5.11 Å². The number of hydrogen-bond donors (Lipinski definition) is 2. The van der Waals surface area contributed by atoms with Gasteiger partial charge in [0.2, 0.25) is 0 Å². The second-order valence-corrected chi connectivity index (χ2v) is 5.40. The van der Waals surface area contributed by atoms with Gasteiger partial charge in [-0.15, -0.1) is 0 Å². The van der Waals surface area contributed by atoms with E-state index < -0.39 is 5.97 Å². The first-order valence-electron chi connectivity index (χ1n) is 6.76. The summed E-state index contributed by atoms with van der Waals surface area (Å²) in [6, 6.07) is 4.37. The molecule has 0 aliphatic carbocycles. The Hall–Kier alpha value is -1.55. The SMILES string of the molecule is Cc1cc(C)c(N2CCNCC2CC(=O)O)c(C)c1. The van der Waals surface area contributed by atoms with E-state index in [2.05, 4.69) is 43.1 Å². The molecule has 1 aromatic carbocycles. The van der Waals surface area contributed by atoms with Crippen molar-refractivity contribution in [2.75, 3.05) is 24.5 Å². The Morgan fingerprint density at radius 3 is 2.58 bits per heavy atom. The number of rotatable bonds is 3. The van der Waals surface area contributed by atoms with Crippen molar-refractivity contribution in [2.45, 2.75) is 33.2 Å². The molecular formula is C15H22N2O2. The Labute approximate surface area is 114 Å². The van der Waals surface area contributed by atoms with Gasteiger partial charge in [-0.3, -0.25) is 4.79 Å². The Bertz CT molecular complexity index is 462. The first-order valence-corrected chi connectivity index (χ1v) is 6.76. The molecule has 1 aliphatic rings. The molecule has 1 aliphatic heterocycles. The maximum Gasteiger partial charge on any atom is 0.305 e. The fourth-order valence-electron chi connectivity index (χ4n) is 3.06. The molecule has 1 fully saturated rings. The summed E-state index contributed by atoms with van der Waals surface area (Å²) in [7, 11) is 0. The molecule has 1 unspecified atom stereocenters. The van der Waals surface area contributed by atoms with Gasteiger partial charge >= 0.3 is 5.97 Å². The Morgan fingerprint density at radius 1 is 1.37 bits per heavy atom. The van der Waals surface area contributed by atoms with E-state index in [-0.39, 0.29) is 12.5 Å². The number of aliphatic carboxylic acids is 1. The minimum absolute atomic E-state index is 0.0337. The highest BCUT2D eigenvalue weighted by atomic mass is 16.4. The Morgan fingerprint density at radius 2 is 2.00 bits per heavy atom. The van der Waals surface area contributed by atoms with Gasteiger partial charge in [-0.25, -0.2) is 0 Å². The molecule has 0 bridgehead atoms. The number of aryl methyl sites for hydroxylation is 3. The zero-order valence-corrected chi connectivity index (χ0v) is 11.9. The van der Waals surface area contributed by atoms with E-state index in [0.717, 1.165) is 19.6 Å². The highest BCUT2D eigenvalue weighted by Crippen LogP contribution is 2.29. The molecule has 1 atom stereocenters. The van der Waals surface area contributed by atoms with Crippen LogP contribution in [0.4, 0.5) is 5.69 Å². The third kappa shape index (κ3) is 3.07. The number of hydrogen-bond acceptors (Lipinski definition) is 3. The summed E-state index contributed by atoms with van der Waals surface area (Å²) in [5, 5.41) is 12.3. The van der Waals surface area contributed by atoms with Crippen molar-refractivity contribution >= 4 is 11.7 Å². The van der Waals surface area contributed by atoms with Crippen LogP contribution in [0, 0.1) is 20.8 Å². The molecule has 0 aromatic heterocycles. The summed E-state index contributed by atoms with van der Waals surface area (Å²) >= 11 is 0. The summed E-state index contributed by atoms with van der Waals surface area (Å²) in [6.07, 6.45) is 0.180. The number of carboxylic acid groups (broad SMARTS) is 1. The molecule has 1 heterocycles. The molecule has 0 amide bonds. The van der Waals surface area contributed by atoms with Crippen LogP contribution >= 0.6 is 0 Å². The lowest BCUT2D eigenvalue weighted by molar-refractivity contribution is -0.137. The highest BCUT2D eigenvalue weighted by Gasteiger charge is 2.26. The van der Waals surface area contributed by atoms with Crippen molar-refractivity contribution in [3.63, 3.8) is 0 Å². The number of benzene rings is 1. The van der Waals surface area contributed by atoms with Crippen molar-refractivity contribution in [2.24, 2.45) is 0 Å². The van der Waals surface area contributed by atoms with Gasteiger partial charge in [0.1, 0.15) is 0 Å². The van der Waals surface area contributed by atoms with Crippen LogP contribution < -0.4 is 10.2 Å². The summed E-state index contributed by atoms with van der Waals surface area (Å²) in [5.74, 6) is -0.735. The summed E-state index contributed by atoms with van der Waals surface area (Å²) in [4.78, 5) is 13.3. The number of carboxylic acids is 1. The number of anilines is 1. The third-order valence-electron chi connectivity index (χ3n) is 3.68. The largest absolute Gasteiger partial charge is 0.481 e. The van der Waals surface area contributed by atoms with Gasteiger partial charge in [0, 0.05) is 25.3 Å². The van der Waals surface area contributed by atoms with Crippen LogP contribution in [0.25, 0.3) is 0 Å². The number of carbonyl (C=O) groups is 1. The number of nitrogens with one attached hydrogen (secondary N) is 1. The quantitative estimate of drug-likeness (QED) is 0.873. The molecule has 19 heavy (non-hydrogen) atoms. The maximum absolute atomic E-state index is 11.0. The van der Waals surface area contributed by atoms with E-state index in [9.17, 15) is 4.79 Å². The van der Waals surface area contributed by atoms with E-state index >= 15 is 0 Å². The molecule has 0 saturated carbocycles. The molecule has 0 spiro atoms. The second kappa shape index (κ2) is 5.61. The average molecular weight is 262 g/mol. The standard InChI is InChI=1S/C15H22N2O2/c1-10-6-11(2)15(12(3)7-10)17-5-4-16-9-13(17)8-14(18)19/h6-7,13,16H,4-5,8-9H2,1-3H3,(H,18,19). The van der Waals surface area contributed by atoms with Crippen LogP contribution in [-0.4, -0.2) is 36.8 Å². The predicted molar refractivity (Wildman–Crippen MR) is 76.9 cm³/mol. The molecule has 104 valence electrons. The van der Waals surface area contributed by atoms with Crippen LogP contribution in [0.5, 0.6) is 0 Å². The Balaban J connectivity index is 2.34. The van der Waals surface area contributed by atoms with Gasteiger partial charge in [-0.2, -0.15) is 0 Å². The van der Waals surface area contributed by atoms with Crippen molar-refractivity contribution in [3.05, 3.63) is 28.8 Å². The van der Waals surface area contributed by atoms with Crippen molar-refractivity contribution < 1.29 is 9.90 Å². The average Bonchev–Trinajstić information content (AvgIpc) is 2.29. The Kier molecular flexibility index (Phi) is 4.10.